The van der Waals surface area contributed by atoms with Crippen LogP contribution >= 0.6 is 27.5 Å². The minimum Gasteiger partial charge on any atom is -0.464 e. The summed E-state index contributed by atoms with van der Waals surface area (Å²) in [6.45, 7) is 1.76. The van der Waals surface area contributed by atoms with Gasteiger partial charge in [-0.25, -0.2) is 9.78 Å². The SMILES string of the molecule is COC(=O)c1nc(C)n(-c2ccc(Cl)c(Br)c2)c1N. The molecule has 2 N–H and O–H groups in total. The van der Waals surface area contributed by atoms with Crippen LogP contribution in [0.2, 0.25) is 5.02 Å². The third-order valence-electron chi connectivity index (χ3n) is 2.62. The summed E-state index contributed by atoms with van der Waals surface area (Å²) in [5.74, 6) is 0.262. The van der Waals surface area contributed by atoms with E-state index in [0.717, 1.165) is 10.2 Å². The summed E-state index contributed by atoms with van der Waals surface area (Å²) in [5, 5.41) is 0.591. The molecule has 1 aromatic heterocycles. The lowest BCUT2D eigenvalue weighted by Gasteiger charge is -2.08. The van der Waals surface area contributed by atoms with Gasteiger partial charge in [0.2, 0.25) is 0 Å². The molecule has 0 spiro atoms. The molecular weight excluding hydrogens is 334 g/mol. The van der Waals surface area contributed by atoms with E-state index in [0.29, 0.717) is 10.8 Å². The number of methoxy groups -OCH3 is 1. The minimum atomic E-state index is -0.563. The fraction of sp³-hybridized carbons (Fsp3) is 0.167. The van der Waals surface area contributed by atoms with Crippen LogP contribution in [0, 0.1) is 6.92 Å². The number of halogens is 2. The van der Waals surface area contributed by atoms with Crippen molar-refractivity contribution in [2.24, 2.45) is 0 Å². The molecule has 2 rings (SSSR count). The first-order valence-electron chi connectivity index (χ1n) is 5.34. The number of carbonyl (C=O) groups is 1. The number of rotatable bonds is 2. The van der Waals surface area contributed by atoms with Crippen molar-refractivity contribution in [1.29, 1.82) is 0 Å². The molecule has 1 heterocycles. The van der Waals surface area contributed by atoms with Crippen molar-refractivity contribution in [1.82, 2.24) is 9.55 Å². The quantitative estimate of drug-likeness (QED) is 0.850. The van der Waals surface area contributed by atoms with Crippen LogP contribution in [0.25, 0.3) is 5.69 Å². The summed E-state index contributed by atoms with van der Waals surface area (Å²) < 4.78 is 7.03. The molecule has 0 saturated heterocycles. The monoisotopic (exact) mass is 343 g/mol. The number of hydrogen-bond acceptors (Lipinski definition) is 4. The second-order valence-electron chi connectivity index (χ2n) is 3.82. The Bertz CT molecular complexity index is 655. The molecule has 0 aliphatic heterocycles. The first-order chi connectivity index (χ1) is 8.95. The molecule has 100 valence electrons. The van der Waals surface area contributed by atoms with Crippen LogP contribution in [0.5, 0.6) is 0 Å². The number of imidazole rings is 1. The van der Waals surface area contributed by atoms with Gasteiger partial charge in [-0.15, -0.1) is 0 Å². The summed E-state index contributed by atoms with van der Waals surface area (Å²) in [7, 11) is 1.29. The lowest BCUT2D eigenvalue weighted by Crippen LogP contribution is -2.07. The number of hydrogen-bond donors (Lipinski definition) is 1. The zero-order chi connectivity index (χ0) is 14.2. The van der Waals surface area contributed by atoms with Gasteiger partial charge < -0.3 is 10.5 Å². The number of nitrogens with two attached hydrogens (primary N) is 1. The zero-order valence-electron chi connectivity index (χ0n) is 10.3. The van der Waals surface area contributed by atoms with Gasteiger partial charge in [0.25, 0.3) is 0 Å². The maximum absolute atomic E-state index is 11.5. The van der Waals surface area contributed by atoms with E-state index in [9.17, 15) is 4.79 Å². The van der Waals surface area contributed by atoms with Crippen LogP contribution in [0.3, 0.4) is 0 Å². The fourth-order valence-corrected chi connectivity index (χ4v) is 2.23. The molecule has 19 heavy (non-hydrogen) atoms. The average Bonchev–Trinajstić information content (AvgIpc) is 2.68. The second-order valence-corrected chi connectivity index (χ2v) is 5.08. The van der Waals surface area contributed by atoms with Gasteiger partial charge in [-0.2, -0.15) is 0 Å². The highest BCUT2D eigenvalue weighted by Gasteiger charge is 2.20. The van der Waals surface area contributed by atoms with Gasteiger partial charge in [0.15, 0.2) is 5.69 Å². The highest BCUT2D eigenvalue weighted by molar-refractivity contribution is 9.10. The highest BCUT2D eigenvalue weighted by Crippen LogP contribution is 2.28. The van der Waals surface area contributed by atoms with Crippen LogP contribution in [0.1, 0.15) is 16.3 Å². The van der Waals surface area contributed by atoms with E-state index >= 15 is 0 Å². The fourth-order valence-electron chi connectivity index (χ4n) is 1.75. The smallest absolute Gasteiger partial charge is 0.360 e. The standard InChI is InChI=1S/C12H11BrClN3O2/c1-6-16-10(12(18)19-2)11(15)17(6)7-3-4-9(14)8(13)5-7/h3-5H,15H2,1-2H3. The summed E-state index contributed by atoms with van der Waals surface area (Å²) in [5.41, 5.74) is 6.81. The molecule has 0 amide bonds. The minimum absolute atomic E-state index is 0.103. The van der Waals surface area contributed by atoms with Crippen LogP contribution in [-0.4, -0.2) is 22.6 Å². The molecule has 5 nitrogen and oxygen atoms in total. The number of nitrogens with zero attached hydrogens (tertiary/aromatic N) is 2. The van der Waals surface area contributed by atoms with Gasteiger partial charge in [0, 0.05) is 10.2 Å². The number of ether oxygens (including phenoxy) is 1. The van der Waals surface area contributed by atoms with Gasteiger partial charge in [-0.3, -0.25) is 4.57 Å². The van der Waals surface area contributed by atoms with E-state index in [-0.39, 0.29) is 11.5 Å². The lowest BCUT2D eigenvalue weighted by molar-refractivity contribution is 0.0596. The van der Waals surface area contributed by atoms with Crippen molar-refractivity contribution >= 4 is 39.3 Å². The Balaban J connectivity index is 2.59. The van der Waals surface area contributed by atoms with Crippen LogP contribution in [-0.2, 0) is 4.74 Å². The number of anilines is 1. The van der Waals surface area contributed by atoms with Crippen molar-refractivity contribution in [3.8, 4) is 5.69 Å². The summed E-state index contributed by atoms with van der Waals surface area (Å²) in [6.07, 6.45) is 0. The highest BCUT2D eigenvalue weighted by atomic mass is 79.9. The normalized spacial score (nSPS) is 10.5. The second kappa shape index (κ2) is 5.22. The lowest BCUT2D eigenvalue weighted by atomic mass is 10.3. The Kier molecular flexibility index (Phi) is 3.82. The number of nitrogen functional groups attached to an aromatic ring is 1. The number of benzene rings is 1. The first kappa shape index (κ1) is 13.9. The maximum atomic E-state index is 11.5. The molecule has 0 radical (unpaired) electrons. The largest absolute Gasteiger partial charge is 0.464 e. The van der Waals surface area contributed by atoms with Crippen molar-refractivity contribution in [2.45, 2.75) is 6.92 Å². The van der Waals surface area contributed by atoms with E-state index in [2.05, 4.69) is 25.7 Å². The van der Waals surface area contributed by atoms with Crippen LogP contribution in [0.15, 0.2) is 22.7 Å². The molecule has 0 bridgehead atoms. The third-order valence-corrected chi connectivity index (χ3v) is 3.83. The Morgan fingerprint density at radius 2 is 2.21 bits per heavy atom. The van der Waals surface area contributed by atoms with Crippen molar-refractivity contribution in [3.63, 3.8) is 0 Å². The van der Waals surface area contributed by atoms with Gasteiger partial charge in [0.05, 0.1) is 12.1 Å². The molecule has 0 saturated carbocycles. The molecule has 0 aliphatic rings. The number of carbonyl (C=O) groups excluding carboxylic acids is 1. The Labute approximate surface area is 123 Å². The Morgan fingerprint density at radius 1 is 1.53 bits per heavy atom. The first-order valence-corrected chi connectivity index (χ1v) is 6.51. The van der Waals surface area contributed by atoms with E-state index < -0.39 is 5.97 Å². The summed E-state index contributed by atoms with van der Waals surface area (Å²) in [4.78, 5) is 15.7. The van der Waals surface area contributed by atoms with Crippen LogP contribution in [0.4, 0.5) is 5.82 Å². The molecule has 2 aromatic rings. The van der Waals surface area contributed by atoms with E-state index in [1.54, 1.807) is 29.7 Å². The Morgan fingerprint density at radius 3 is 2.79 bits per heavy atom. The average molecular weight is 345 g/mol. The number of aryl methyl sites for hydroxylation is 1. The van der Waals surface area contributed by atoms with Crippen LogP contribution < -0.4 is 5.73 Å². The maximum Gasteiger partial charge on any atom is 0.360 e. The van der Waals surface area contributed by atoms with Crippen molar-refractivity contribution < 1.29 is 9.53 Å². The third kappa shape index (κ3) is 2.46. The zero-order valence-corrected chi connectivity index (χ0v) is 12.6. The van der Waals surface area contributed by atoms with Gasteiger partial charge in [0.1, 0.15) is 11.6 Å². The number of esters is 1. The van der Waals surface area contributed by atoms with E-state index in [1.165, 1.54) is 7.11 Å². The molecular formula is C12H11BrClN3O2. The van der Waals surface area contributed by atoms with E-state index in [4.69, 9.17) is 17.3 Å². The van der Waals surface area contributed by atoms with Gasteiger partial charge in [-0.1, -0.05) is 11.6 Å². The molecule has 0 unspecified atom stereocenters. The predicted octanol–water partition coefficient (Wildman–Crippen LogP) is 2.97. The van der Waals surface area contributed by atoms with Crippen molar-refractivity contribution in [2.75, 3.05) is 12.8 Å². The molecule has 7 heteroatoms. The predicted molar refractivity (Wildman–Crippen MR) is 76.8 cm³/mol. The topological polar surface area (TPSA) is 70.1 Å². The summed E-state index contributed by atoms with van der Waals surface area (Å²) in [6, 6.07) is 5.32. The summed E-state index contributed by atoms with van der Waals surface area (Å²) >= 11 is 9.29. The van der Waals surface area contributed by atoms with Gasteiger partial charge >= 0.3 is 5.97 Å². The molecule has 1 aromatic carbocycles. The van der Waals surface area contributed by atoms with Gasteiger partial charge in [-0.05, 0) is 41.1 Å². The Hall–Kier alpha value is -1.53. The molecule has 0 fully saturated rings. The molecule has 0 aliphatic carbocycles. The van der Waals surface area contributed by atoms with E-state index in [1.807, 2.05) is 0 Å². The van der Waals surface area contributed by atoms with Crippen molar-refractivity contribution in [3.05, 3.63) is 39.2 Å². The molecule has 0 atom stereocenters. The number of aromatic nitrogens is 2.